The fourth-order valence-corrected chi connectivity index (χ4v) is 2.79. The van der Waals surface area contributed by atoms with Crippen LogP contribution in [-0.4, -0.2) is 50.5 Å². The van der Waals surface area contributed by atoms with Gasteiger partial charge in [0.15, 0.2) is 0 Å². The molecule has 1 amide bonds. The van der Waals surface area contributed by atoms with Crippen LogP contribution in [0.4, 0.5) is 10.1 Å². The van der Waals surface area contributed by atoms with Crippen LogP contribution in [-0.2, 0) is 11.3 Å². The van der Waals surface area contributed by atoms with Crippen LogP contribution in [0.25, 0.3) is 11.4 Å². The molecule has 3 rings (SSSR count). The van der Waals surface area contributed by atoms with Gasteiger partial charge in [-0.15, -0.1) is 10.2 Å². The fourth-order valence-electron chi connectivity index (χ4n) is 2.79. The van der Waals surface area contributed by atoms with Crippen LogP contribution in [0.2, 0.25) is 0 Å². The lowest BCUT2D eigenvalue weighted by Crippen LogP contribution is -2.24. The van der Waals surface area contributed by atoms with Crippen LogP contribution in [0.3, 0.4) is 0 Å². The summed E-state index contributed by atoms with van der Waals surface area (Å²) in [5, 5.41) is 25.7. The molecule has 1 aromatic heterocycles. The average Bonchev–Trinajstić information content (AvgIpc) is 3.20. The summed E-state index contributed by atoms with van der Waals surface area (Å²) in [7, 11) is 0. The summed E-state index contributed by atoms with van der Waals surface area (Å²) >= 11 is 0. The van der Waals surface area contributed by atoms with E-state index in [1.54, 1.807) is 12.1 Å². The van der Waals surface area contributed by atoms with Gasteiger partial charge in [0.05, 0.1) is 6.21 Å². The third kappa shape index (κ3) is 5.16. The highest BCUT2D eigenvalue weighted by atomic mass is 19.1. The molecular formula is C20H22FN7O2. The lowest BCUT2D eigenvalue weighted by Gasteiger charge is -2.21. The number of tetrazole rings is 1. The first-order chi connectivity index (χ1) is 14.5. The van der Waals surface area contributed by atoms with E-state index in [0.29, 0.717) is 11.1 Å². The molecule has 0 saturated heterocycles. The maximum Gasteiger partial charge on any atom is 0.263 e. The van der Waals surface area contributed by atoms with Gasteiger partial charge in [-0.25, -0.2) is 9.82 Å². The number of carbonyl (C=O) groups is 1. The Labute approximate surface area is 172 Å². The lowest BCUT2D eigenvalue weighted by atomic mass is 10.2. The van der Waals surface area contributed by atoms with Crippen molar-refractivity contribution in [2.45, 2.75) is 20.4 Å². The van der Waals surface area contributed by atoms with Gasteiger partial charge in [-0.1, -0.05) is 0 Å². The first kappa shape index (κ1) is 20.9. The van der Waals surface area contributed by atoms with Crippen molar-refractivity contribution < 1.29 is 14.3 Å². The Bertz CT molecular complexity index is 1030. The van der Waals surface area contributed by atoms with E-state index in [2.05, 4.69) is 30.8 Å². The number of carbonyl (C=O) groups excluding carboxylic acids is 1. The van der Waals surface area contributed by atoms with E-state index in [0.717, 1.165) is 23.6 Å². The number of hydrogen-bond acceptors (Lipinski definition) is 7. The molecule has 156 valence electrons. The van der Waals surface area contributed by atoms with E-state index in [1.807, 2.05) is 19.9 Å². The number of aromatic nitrogens is 4. The van der Waals surface area contributed by atoms with Crippen molar-refractivity contribution in [3.63, 3.8) is 0 Å². The molecule has 0 aliphatic rings. The molecule has 30 heavy (non-hydrogen) atoms. The summed E-state index contributed by atoms with van der Waals surface area (Å²) in [4.78, 5) is 15.3. The van der Waals surface area contributed by atoms with E-state index in [1.165, 1.54) is 30.5 Å². The second-order valence-electron chi connectivity index (χ2n) is 6.36. The largest absolute Gasteiger partial charge is 0.507 e. The molecule has 0 fully saturated rings. The number of hydrazone groups is 1. The first-order valence-electron chi connectivity index (χ1n) is 9.43. The smallest absolute Gasteiger partial charge is 0.263 e. The zero-order valence-corrected chi connectivity index (χ0v) is 16.7. The number of nitrogens with zero attached hydrogens (tertiary/aromatic N) is 6. The van der Waals surface area contributed by atoms with Crippen molar-refractivity contribution in [1.82, 2.24) is 25.6 Å². The monoisotopic (exact) mass is 411 g/mol. The van der Waals surface area contributed by atoms with Crippen LogP contribution in [0.15, 0.2) is 47.6 Å². The van der Waals surface area contributed by atoms with Crippen molar-refractivity contribution in [2.24, 2.45) is 5.10 Å². The molecule has 3 aromatic rings. The molecule has 9 nitrogen and oxygen atoms in total. The number of rotatable bonds is 8. The number of benzene rings is 2. The third-order valence-corrected chi connectivity index (χ3v) is 4.37. The molecule has 0 unspecified atom stereocenters. The minimum atomic E-state index is -0.464. The quantitative estimate of drug-likeness (QED) is 0.434. The summed E-state index contributed by atoms with van der Waals surface area (Å²) in [6.45, 7) is 5.56. The number of aromatic hydroxyl groups is 1. The Morgan fingerprint density at radius 3 is 2.67 bits per heavy atom. The number of phenols is 1. The van der Waals surface area contributed by atoms with Crippen molar-refractivity contribution >= 4 is 17.8 Å². The van der Waals surface area contributed by atoms with E-state index >= 15 is 0 Å². The molecule has 2 N–H and O–H groups in total. The van der Waals surface area contributed by atoms with E-state index < -0.39 is 5.91 Å². The van der Waals surface area contributed by atoms with Gasteiger partial charge >= 0.3 is 0 Å². The van der Waals surface area contributed by atoms with Gasteiger partial charge in [-0.2, -0.15) is 9.90 Å². The molecule has 0 aliphatic carbocycles. The maximum atomic E-state index is 13.0. The second-order valence-corrected chi connectivity index (χ2v) is 6.36. The lowest BCUT2D eigenvalue weighted by molar-refractivity contribution is -0.122. The van der Waals surface area contributed by atoms with Crippen LogP contribution in [0.5, 0.6) is 5.75 Å². The third-order valence-electron chi connectivity index (χ3n) is 4.37. The SMILES string of the molecule is CCN(CC)c1ccc(O)c(C=NNC(=O)Cn2nnc(-c3ccc(F)cc3)n2)c1. The van der Waals surface area contributed by atoms with E-state index in [9.17, 15) is 14.3 Å². The van der Waals surface area contributed by atoms with Crippen molar-refractivity contribution in [3.05, 3.63) is 53.8 Å². The normalized spacial score (nSPS) is 11.0. The summed E-state index contributed by atoms with van der Waals surface area (Å²) < 4.78 is 13.0. The number of hydrogen-bond donors (Lipinski definition) is 2. The average molecular weight is 411 g/mol. The molecule has 1 heterocycles. The fraction of sp³-hybridized carbons (Fsp3) is 0.250. The number of nitrogens with one attached hydrogen (secondary N) is 1. The molecule has 10 heteroatoms. The van der Waals surface area contributed by atoms with Crippen molar-refractivity contribution in [3.8, 4) is 17.1 Å². The Kier molecular flexibility index (Phi) is 6.68. The molecule has 0 radical (unpaired) electrons. The van der Waals surface area contributed by atoms with Gasteiger partial charge in [0.2, 0.25) is 5.82 Å². The molecule has 0 bridgehead atoms. The Morgan fingerprint density at radius 1 is 1.23 bits per heavy atom. The number of halogens is 1. The van der Waals surface area contributed by atoms with Gasteiger partial charge < -0.3 is 10.0 Å². The number of phenolic OH excluding ortho intramolecular Hbond substituents is 1. The minimum Gasteiger partial charge on any atom is -0.507 e. The van der Waals surface area contributed by atoms with Gasteiger partial charge in [0.1, 0.15) is 18.1 Å². The van der Waals surface area contributed by atoms with E-state index in [-0.39, 0.29) is 23.9 Å². The highest BCUT2D eigenvalue weighted by Crippen LogP contribution is 2.22. The van der Waals surface area contributed by atoms with Crippen LogP contribution >= 0.6 is 0 Å². The highest BCUT2D eigenvalue weighted by Gasteiger charge is 2.10. The molecular weight excluding hydrogens is 389 g/mol. The maximum absolute atomic E-state index is 13.0. The molecule has 0 atom stereocenters. The minimum absolute atomic E-state index is 0.0609. The summed E-state index contributed by atoms with van der Waals surface area (Å²) in [6, 6.07) is 10.9. The predicted octanol–water partition coefficient (Wildman–Crippen LogP) is 2.18. The Morgan fingerprint density at radius 2 is 1.97 bits per heavy atom. The van der Waals surface area contributed by atoms with Gasteiger partial charge in [0, 0.05) is 29.9 Å². The predicted molar refractivity (Wildman–Crippen MR) is 111 cm³/mol. The van der Waals surface area contributed by atoms with Gasteiger partial charge in [0.25, 0.3) is 5.91 Å². The summed E-state index contributed by atoms with van der Waals surface area (Å²) in [5.41, 5.74) is 4.39. The van der Waals surface area contributed by atoms with E-state index in [4.69, 9.17) is 0 Å². The highest BCUT2D eigenvalue weighted by molar-refractivity contribution is 5.86. The first-order valence-corrected chi connectivity index (χ1v) is 9.43. The van der Waals surface area contributed by atoms with Crippen LogP contribution in [0, 0.1) is 5.82 Å². The number of amides is 1. The number of anilines is 1. The second kappa shape index (κ2) is 9.59. The molecule has 0 spiro atoms. The van der Waals surface area contributed by atoms with Crippen molar-refractivity contribution in [1.29, 1.82) is 0 Å². The summed E-state index contributed by atoms with van der Waals surface area (Å²) in [6.07, 6.45) is 1.37. The van der Waals surface area contributed by atoms with Crippen LogP contribution < -0.4 is 10.3 Å². The zero-order chi connectivity index (χ0) is 21.5. The standard InChI is InChI=1S/C20H22FN7O2/c1-3-27(4-2)17-9-10-18(29)15(11-17)12-22-23-19(30)13-28-25-20(24-26-28)14-5-7-16(21)8-6-14/h5-12,29H,3-4,13H2,1-2H3,(H,23,30). The molecule has 0 saturated carbocycles. The van der Waals surface area contributed by atoms with Crippen LogP contribution in [0.1, 0.15) is 19.4 Å². The Hall–Kier alpha value is -3.82. The van der Waals surface area contributed by atoms with Gasteiger partial charge in [-0.3, -0.25) is 4.79 Å². The Balaban J connectivity index is 1.60. The van der Waals surface area contributed by atoms with Crippen molar-refractivity contribution in [2.75, 3.05) is 18.0 Å². The topological polar surface area (TPSA) is 109 Å². The summed E-state index contributed by atoms with van der Waals surface area (Å²) in [5.74, 6) is -0.485. The van der Waals surface area contributed by atoms with Gasteiger partial charge in [-0.05, 0) is 61.5 Å². The molecule has 2 aromatic carbocycles. The molecule has 0 aliphatic heterocycles. The zero-order valence-electron chi connectivity index (χ0n) is 16.7.